The van der Waals surface area contributed by atoms with Gasteiger partial charge in [0.2, 0.25) is 0 Å². The molecule has 2 unspecified atom stereocenters. The summed E-state index contributed by atoms with van der Waals surface area (Å²) in [5.41, 5.74) is 6.04. The second-order valence-electron chi connectivity index (χ2n) is 5.68. The number of nitrogen functional groups attached to an aromatic ring is 1. The normalized spacial score (nSPS) is 23.0. The molecule has 1 aromatic rings. The predicted octanol–water partition coefficient (Wildman–Crippen LogP) is 2.48. The summed E-state index contributed by atoms with van der Waals surface area (Å²) in [4.78, 5) is 2.53. The van der Waals surface area contributed by atoms with E-state index in [2.05, 4.69) is 18.7 Å². The van der Waals surface area contributed by atoms with Gasteiger partial charge in [0.1, 0.15) is 20.8 Å². The molecule has 2 atom stereocenters. The van der Waals surface area contributed by atoms with Crippen molar-refractivity contribution >= 4 is 31.9 Å². The smallest absolute Gasteiger partial charge is 0.183 e. The van der Waals surface area contributed by atoms with Crippen LogP contribution in [0, 0.1) is 23.2 Å². The van der Waals surface area contributed by atoms with Crippen molar-refractivity contribution in [1.29, 1.82) is 5.26 Å². The van der Waals surface area contributed by atoms with Crippen molar-refractivity contribution in [2.24, 2.45) is 11.8 Å². The Hall–Kier alpha value is -1.26. The second-order valence-corrected chi connectivity index (χ2v) is 8.90. The van der Waals surface area contributed by atoms with E-state index in [1.807, 2.05) is 6.07 Å². The molecule has 2 N–H and O–H groups in total. The van der Waals surface area contributed by atoms with Crippen LogP contribution in [0.3, 0.4) is 0 Å². The summed E-state index contributed by atoms with van der Waals surface area (Å²) in [6.07, 6.45) is 1.02. The highest BCUT2D eigenvalue weighted by atomic mass is 32.2. The van der Waals surface area contributed by atoms with E-state index in [1.165, 1.54) is 11.3 Å². The van der Waals surface area contributed by atoms with Gasteiger partial charge < -0.3 is 10.6 Å². The lowest BCUT2D eigenvalue weighted by molar-refractivity contribution is 0.324. The van der Waals surface area contributed by atoms with Crippen LogP contribution < -0.4 is 10.6 Å². The van der Waals surface area contributed by atoms with Gasteiger partial charge in [-0.3, -0.25) is 0 Å². The SMILES string of the molecule is CCS(=O)(=O)c1c(N2CCC(C)C(C)C2)sc(C#N)c1N. The zero-order valence-corrected chi connectivity index (χ0v) is 14.2. The molecule has 1 saturated heterocycles. The van der Waals surface area contributed by atoms with Crippen LogP contribution in [0.4, 0.5) is 10.7 Å². The lowest BCUT2D eigenvalue weighted by atomic mass is 9.89. The Bertz CT molecular complexity index is 673. The number of nitrogens with zero attached hydrogens (tertiary/aromatic N) is 2. The highest BCUT2D eigenvalue weighted by Crippen LogP contribution is 2.43. The summed E-state index contributed by atoms with van der Waals surface area (Å²) in [5.74, 6) is 1.11. The van der Waals surface area contributed by atoms with Crippen LogP contribution in [0.15, 0.2) is 4.90 Å². The quantitative estimate of drug-likeness (QED) is 0.921. The molecule has 2 heterocycles. The molecular weight excluding hydrogens is 306 g/mol. The van der Waals surface area contributed by atoms with Crippen molar-refractivity contribution < 1.29 is 8.42 Å². The molecule has 0 bridgehead atoms. The van der Waals surface area contributed by atoms with Crippen molar-refractivity contribution in [3.8, 4) is 6.07 Å². The average molecular weight is 327 g/mol. The molecule has 2 rings (SSSR count). The topological polar surface area (TPSA) is 87.2 Å². The third-order valence-corrected chi connectivity index (χ3v) is 7.39. The summed E-state index contributed by atoms with van der Waals surface area (Å²) in [6.45, 7) is 7.60. The standard InChI is InChI=1S/C14H21N3O2S2/c1-4-21(18,19)13-12(16)11(7-15)20-14(13)17-6-5-9(2)10(3)8-17/h9-10H,4-6,8,16H2,1-3H3. The fraction of sp³-hybridized carbons (Fsp3) is 0.643. The Morgan fingerprint density at radius 1 is 1.43 bits per heavy atom. The maximum absolute atomic E-state index is 12.4. The zero-order chi connectivity index (χ0) is 15.8. The van der Waals surface area contributed by atoms with E-state index in [9.17, 15) is 8.42 Å². The van der Waals surface area contributed by atoms with Gasteiger partial charge in [0.25, 0.3) is 0 Å². The number of piperidine rings is 1. The Labute approximate surface area is 130 Å². The first-order valence-corrected chi connectivity index (χ1v) is 9.58. The van der Waals surface area contributed by atoms with Crippen molar-refractivity contribution in [3.05, 3.63) is 4.88 Å². The molecule has 0 spiro atoms. The summed E-state index contributed by atoms with van der Waals surface area (Å²) < 4.78 is 24.7. The Balaban J connectivity index is 2.52. The van der Waals surface area contributed by atoms with Crippen LogP contribution in [0.5, 0.6) is 0 Å². The zero-order valence-electron chi connectivity index (χ0n) is 12.6. The van der Waals surface area contributed by atoms with Gasteiger partial charge in [-0.1, -0.05) is 20.8 Å². The number of hydrogen-bond donors (Lipinski definition) is 1. The number of nitriles is 1. The maximum atomic E-state index is 12.4. The van der Waals surface area contributed by atoms with Gasteiger partial charge in [0, 0.05) is 13.1 Å². The molecule has 0 saturated carbocycles. The Kier molecular flexibility index (Phi) is 4.49. The van der Waals surface area contributed by atoms with E-state index in [-0.39, 0.29) is 16.3 Å². The van der Waals surface area contributed by atoms with Gasteiger partial charge in [-0.2, -0.15) is 5.26 Å². The van der Waals surface area contributed by atoms with Crippen LogP contribution in [0.1, 0.15) is 32.1 Å². The van der Waals surface area contributed by atoms with Crippen LogP contribution >= 0.6 is 11.3 Å². The van der Waals surface area contributed by atoms with E-state index in [0.717, 1.165) is 19.5 Å². The fourth-order valence-electron chi connectivity index (χ4n) is 2.60. The predicted molar refractivity (Wildman–Crippen MR) is 86.3 cm³/mol. The number of sulfone groups is 1. The number of thiophene rings is 1. The number of nitrogens with two attached hydrogens (primary N) is 1. The van der Waals surface area contributed by atoms with Crippen molar-refractivity contribution in [2.75, 3.05) is 29.5 Å². The van der Waals surface area contributed by atoms with Gasteiger partial charge in [-0.05, 0) is 18.3 Å². The molecule has 0 amide bonds. The lowest BCUT2D eigenvalue weighted by Gasteiger charge is -2.36. The van der Waals surface area contributed by atoms with Crippen molar-refractivity contribution in [2.45, 2.75) is 32.1 Å². The minimum atomic E-state index is -3.44. The van der Waals surface area contributed by atoms with Gasteiger partial charge in [0.05, 0.1) is 11.4 Å². The van der Waals surface area contributed by atoms with Gasteiger partial charge in [-0.15, -0.1) is 11.3 Å². The first-order valence-electron chi connectivity index (χ1n) is 7.11. The monoisotopic (exact) mass is 327 g/mol. The van der Waals surface area contributed by atoms with Gasteiger partial charge in [0.15, 0.2) is 9.84 Å². The third-order valence-electron chi connectivity index (χ3n) is 4.30. The molecular formula is C14H21N3O2S2. The first kappa shape index (κ1) is 16.1. The molecule has 21 heavy (non-hydrogen) atoms. The summed E-state index contributed by atoms with van der Waals surface area (Å²) in [5, 5.41) is 9.80. The minimum absolute atomic E-state index is 0.00834. The number of rotatable bonds is 3. The summed E-state index contributed by atoms with van der Waals surface area (Å²) >= 11 is 1.20. The fourth-order valence-corrected chi connectivity index (χ4v) is 5.24. The number of anilines is 2. The van der Waals surface area contributed by atoms with Crippen molar-refractivity contribution in [3.63, 3.8) is 0 Å². The third kappa shape index (κ3) is 2.87. The molecule has 116 valence electrons. The van der Waals surface area contributed by atoms with Crippen LogP contribution in [0.25, 0.3) is 0 Å². The molecule has 0 radical (unpaired) electrons. The molecule has 1 aliphatic heterocycles. The van der Waals surface area contributed by atoms with Gasteiger partial charge in [-0.25, -0.2) is 8.42 Å². The first-order chi connectivity index (χ1) is 9.81. The van der Waals surface area contributed by atoms with Crippen LogP contribution in [-0.4, -0.2) is 27.3 Å². The lowest BCUT2D eigenvalue weighted by Crippen LogP contribution is -2.38. The van der Waals surface area contributed by atoms with E-state index in [1.54, 1.807) is 6.92 Å². The van der Waals surface area contributed by atoms with E-state index in [4.69, 9.17) is 11.0 Å². The van der Waals surface area contributed by atoms with Crippen molar-refractivity contribution in [1.82, 2.24) is 0 Å². The molecule has 5 nitrogen and oxygen atoms in total. The van der Waals surface area contributed by atoms with E-state index in [0.29, 0.717) is 21.7 Å². The van der Waals surface area contributed by atoms with Gasteiger partial charge >= 0.3 is 0 Å². The molecule has 1 aliphatic rings. The van der Waals surface area contributed by atoms with E-state index >= 15 is 0 Å². The minimum Gasteiger partial charge on any atom is -0.396 e. The highest BCUT2D eigenvalue weighted by Gasteiger charge is 2.32. The maximum Gasteiger partial charge on any atom is 0.183 e. The highest BCUT2D eigenvalue weighted by molar-refractivity contribution is 7.91. The molecule has 7 heteroatoms. The largest absolute Gasteiger partial charge is 0.396 e. The Morgan fingerprint density at radius 2 is 2.10 bits per heavy atom. The molecule has 1 fully saturated rings. The molecule has 0 aliphatic carbocycles. The summed E-state index contributed by atoms with van der Waals surface area (Å²) in [6, 6.07) is 2.01. The average Bonchev–Trinajstić information content (AvgIpc) is 2.79. The summed E-state index contributed by atoms with van der Waals surface area (Å²) in [7, 11) is -3.44. The Morgan fingerprint density at radius 3 is 2.62 bits per heavy atom. The molecule has 0 aromatic carbocycles. The molecule has 1 aromatic heterocycles. The van der Waals surface area contributed by atoms with E-state index < -0.39 is 9.84 Å². The van der Waals surface area contributed by atoms with Crippen LogP contribution in [-0.2, 0) is 9.84 Å². The second kappa shape index (κ2) is 5.85. The van der Waals surface area contributed by atoms with Crippen LogP contribution in [0.2, 0.25) is 0 Å². The number of hydrogen-bond acceptors (Lipinski definition) is 6.